The molecule has 0 aromatic heterocycles. The number of aliphatic hydroxyl groups excluding tert-OH is 1. The van der Waals surface area contributed by atoms with E-state index >= 15 is 0 Å². The molecule has 0 spiro atoms. The van der Waals surface area contributed by atoms with Crippen LogP contribution in [0.1, 0.15) is 26.3 Å². The molecule has 6 heteroatoms. The van der Waals surface area contributed by atoms with Crippen molar-refractivity contribution in [1.82, 2.24) is 0 Å². The van der Waals surface area contributed by atoms with E-state index in [1.807, 2.05) is 18.2 Å². The van der Waals surface area contributed by atoms with Crippen LogP contribution in [0.5, 0.6) is 11.5 Å². The van der Waals surface area contributed by atoms with Gasteiger partial charge in [0.05, 0.1) is 27.0 Å². The third kappa shape index (κ3) is 4.91. The third-order valence-electron chi connectivity index (χ3n) is 5.60. The van der Waals surface area contributed by atoms with E-state index in [0.29, 0.717) is 6.42 Å². The van der Waals surface area contributed by atoms with Crippen molar-refractivity contribution in [1.29, 1.82) is 0 Å². The Morgan fingerprint density at radius 3 is 2.19 bits per heavy atom. The molecule has 1 aliphatic rings. The summed E-state index contributed by atoms with van der Waals surface area (Å²) in [6.07, 6.45) is 0.0851. The number of epoxide rings is 1. The quantitative estimate of drug-likeness (QED) is 0.539. The minimum atomic E-state index is -1.93. The fourth-order valence-electron chi connectivity index (χ4n) is 2.82. The number of aliphatic hydroxyl groups is 1. The van der Waals surface area contributed by atoms with Crippen LogP contribution < -0.4 is 9.16 Å². The van der Waals surface area contributed by atoms with Gasteiger partial charge in [0, 0.05) is 6.42 Å². The topological polar surface area (TPSA) is 51.2 Å². The molecule has 3 atom stereocenters. The second kappa shape index (κ2) is 7.30. The van der Waals surface area contributed by atoms with Crippen molar-refractivity contribution in [2.24, 2.45) is 0 Å². The standard InChI is InChI=1S/C20H36O4Si2/c1-20(2,3)26(8,9)24-16-11-10-14(13-17(16)22-4)12-15(21)18-19(23-18)25(5,6)7/h10-11,13,15,18-19,21H,12H2,1-9H3/t15-,18-,19-/m0/s1. The smallest absolute Gasteiger partial charge is 0.250 e. The van der Waals surface area contributed by atoms with Crippen molar-refractivity contribution in [2.45, 2.75) is 82.9 Å². The summed E-state index contributed by atoms with van der Waals surface area (Å²) in [6, 6.07) is 5.99. The summed E-state index contributed by atoms with van der Waals surface area (Å²) in [4.78, 5) is 0. The predicted molar refractivity (Wildman–Crippen MR) is 113 cm³/mol. The lowest BCUT2D eigenvalue weighted by molar-refractivity contribution is 0.135. The number of hydrogen-bond donors (Lipinski definition) is 1. The highest BCUT2D eigenvalue weighted by atomic mass is 28.4. The second-order valence-electron chi connectivity index (χ2n) is 10.0. The first-order valence-corrected chi connectivity index (χ1v) is 15.9. The summed E-state index contributed by atoms with van der Waals surface area (Å²) in [5.74, 6) is 1.53. The van der Waals surface area contributed by atoms with Gasteiger partial charge in [0.25, 0.3) is 8.32 Å². The molecule has 1 heterocycles. The molecule has 1 aromatic carbocycles. The Hall–Kier alpha value is -0.826. The first kappa shape index (κ1) is 21.5. The van der Waals surface area contributed by atoms with Gasteiger partial charge >= 0.3 is 0 Å². The van der Waals surface area contributed by atoms with Crippen LogP contribution in [0.4, 0.5) is 0 Å². The molecular formula is C20H36O4Si2. The van der Waals surface area contributed by atoms with Crippen molar-refractivity contribution in [3.8, 4) is 11.5 Å². The molecule has 1 N–H and O–H groups in total. The Morgan fingerprint density at radius 1 is 1.12 bits per heavy atom. The van der Waals surface area contributed by atoms with Gasteiger partial charge in [-0.1, -0.05) is 46.5 Å². The first-order valence-electron chi connectivity index (χ1n) is 9.46. The van der Waals surface area contributed by atoms with Crippen molar-refractivity contribution in [3.05, 3.63) is 23.8 Å². The number of rotatable bonds is 7. The lowest BCUT2D eigenvalue weighted by Gasteiger charge is -2.36. The number of benzene rings is 1. The van der Waals surface area contributed by atoms with E-state index in [9.17, 15) is 5.11 Å². The Labute approximate surface area is 161 Å². The van der Waals surface area contributed by atoms with Gasteiger partial charge in [-0.05, 0) is 35.8 Å². The van der Waals surface area contributed by atoms with Gasteiger partial charge in [0.1, 0.15) is 11.9 Å². The highest BCUT2D eigenvalue weighted by Crippen LogP contribution is 2.40. The van der Waals surface area contributed by atoms with Crippen molar-refractivity contribution >= 4 is 16.4 Å². The van der Waals surface area contributed by atoms with Gasteiger partial charge < -0.3 is 19.0 Å². The Kier molecular flexibility index (Phi) is 6.03. The molecule has 4 nitrogen and oxygen atoms in total. The van der Waals surface area contributed by atoms with E-state index in [0.717, 1.165) is 17.1 Å². The summed E-state index contributed by atoms with van der Waals surface area (Å²) in [5.41, 5.74) is 1.31. The average Bonchev–Trinajstić information content (AvgIpc) is 3.27. The SMILES string of the molecule is COc1cc(C[C@H](O)[C@@H]2O[C@H]2[Si](C)(C)C)ccc1O[Si](C)(C)C(C)(C)C. The monoisotopic (exact) mass is 396 g/mol. The molecule has 1 aromatic rings. The molecule has 0 aliphatic carbocycles. The maximum atomic E-state index is 10.5. The third-order valence-corrected chi connectivity index (χ3v) is 12.1. The lowest BCUT2D eigenvalue weighted by Crippen LogP contribution is -2.43. The van der Waals surface area contributed by atoms with E-state index in [1.54, 1.807) is 7.11 Å². The molecular weight excluding hydrogens is 360 g/mol. The molecule has 26 heavy (non-hydrogen) atoms. The van der Waals surface area contributed by atoms with E-state index in [-0.39, 0.29) is 16.9 Å². The molecule has 0 amide bonds. The molecule has 0 unspecified atom stereocenters. The second-order valence-corrected chi connectivity index (χ2v) is 20.0. The van der Waals surface area contributed by atoms with Crippen molar-refractivity contribution in [2.75, 3.05) is 7.11 Å². The zero-order chi connectivity index (χ0) is 19.9. The predicted octanol–water partition coefficient (Wildman–Crippen LogP) is 4.63. The highest BCUT2D eigenvalue weighted by molar-refractivity contribution is 6.78. The van der Waals surface area contributed by atoms with Gasteiger partial charge in [-0.3, -0.25) is 0 Å². The van der Waals surface area contributed by atoms with E-state index in [1.165, 1.54) is 0 Å². The average molecular weight is 397 g/mol. The molecule has 2 rings (SSSR count). The number of ether oxygens (including phenoxy) is 2. The summed E-state index contributed by atoms with van der Waals surface area (Å²) >= 11 is 0. The van der Waals surface area contributed by atoms with E-state index < -0.39 is 22.5 Å². The molecule has 1 saturated heterocycles. The van der Waals surface area contributed by atoms with Crippen molar-refractivity contribution in [3.63, 3.8) is 0 Å². The Balaban J connectivity index is 2.09. The fourth-order valence-corrected chi connectivity index (χ4v) is 5.62. The van der Waals surface area contributed by atoms with Crippen molar-refractivity contribution < 1.29 is 19.0 Å². The zero-order valence-electron chi connectivity index (χ0n) is 17.8. The van der Waals surface area contributed by atoms with Crippen LogP contribution >= 0.6 is 0 Å². The van der Waals surface area contributed by atoms with Gasteiger partial charge in [-0.2, -0.15) is 0 Å². The lowest BCUT2D eigenvalue weighted by atomic mass is 10.1. The van der Waals surface area contributed by atoms with Crippen LogP contribution in [0.25, 0.3) is 0 Å². The molecule has 1 aliphatic heterocycles. The van der Waals surface area contributed by atoms with Crippen LogP contribution in [0.3, 0.4) is 0 Å². The maximum absolute atomic E-state index is 10.5. The minimum absolute atomic E-state index is 0.0178. The largest absolute Gasteiger partial charge is 0.541 e. The summed E-state index contributed by atoms with van der Waals surface area (Å²) in [6.45, 7) is 18.0. The molecule has 1 fully saturated rings. The Morgan fingerprint density at radius 2 is 1.73 bits per heavy atom. The minimum Gasteiger partial charge on any atom is -0.541 e. The highest BCUT2D eigenvalue weighted by Gasteiger charge is 2.51. The normalized spacial score (nSPS) is 22.1. The molecule has 0 radical (unpaired) electrons. The maximum Gasteiger partial charge on any atom is 0.250 e. The number of methoxy groups -OCH3 is 1. The van der Waals surface area contributed by atoms with Gasteiger partial charge in [-0.25, -0.2) is 0 Å². The summed E-state index contributed by atoms with van der Waals surface area (Å²) < 4.78 is 17.7. The van der Waals surface area contributed by atoms with Gasteiger partial charge in [0.15, 0.2) is 5.75 Å². The Bertz CT molecular complexity index is 632. The van der Waals surface area contributed by atoms with Gasteiger partial charge in [0.2, 0.25) is 0 Å². The number of hydrogen-bond acceptors (Lipinski definition) is 4. The van der Waals surface area contributed by atoms with Crippen LogP contribution in [-0.4, -0.2) is 46.5 Å². The van der Waals surface area contributed by atoms with Crippen LogP contribution in [-0.2, 0) is 11.2 Å². The summed E-state index contributed by atoms with van der Waals surface area (Å²) in [5, 5.41) is 10.7. The molecule has 148 valence electrons. The van der Waals surface area contributed by atoms with Crippen LogP contribution in [0.15, 0.2) is 18.2 Å². The van der Waals surface area contributed by atoms with Crippen LogP contribution in [0, 0.1) is 0 Å². The fraction of sp³-hybridized carbons (Fsp3) is 0.700. The van der Waals surface area contributed by atoms with E-state index in [4.69, 9.17) is 13.9 Å². The molecule has 0 saturated carbocycles. The zero-order valence-corrected chi connectivity index (χ0v) is 19.8. The van der Waals surface area contributed by atoms with Crippen LogP contribution in [0.2, 0.25) is 37.8 Å². The summed E-state index contributed by atoms with van der Waals surface area (Å²) in [7, 11) is -1.62. The molecule has 0 bridgehead atoms. The van der Waals surface area contributed by atoms with Gasteiger partial charge in [-0.15, -0.1) is 0 Å². The van der Waals surface area contributed by atoms with E-state index in [2.05, 4.69) is 53.5 Å². The first-order chi connectivity index (χ1) is 11.8.